The van der Waals surface area contributed by atoms with Crippen LogP contribution in [0.15, 0.2) is 0 Å². The lowest BCUT2D eigenvalue weighted by Crippen LogP contribution is -2.69. The van der Waals surface area contributed by atoms with Crippen molar-refractivity contribution in [3.05, 3.63) is 0 Å². The molecule has 0 radical (unpaired) electrons. The summed E-state index contributed by atoms with van der Waals surface area (Å²) < 4.78 is 10.5. The highest BCUT2D eigenvalue weighted by Crippen LogP contribution is 2.78. The maximum atomic E-state index is 13.9. The zero-order valence-electron chi connectivity index (χ0n) is 25.3. The van der Waals surface area contributed by atoms with Gasteiger partial charge in [-0.1, -0.05) is 48.5 Å². The van der Waals surface area contributed by atoms with Crippen LogP contribution in [0.25, 0.3) is 0 Å². The van der Waals surface area contributed by atoms with Gasteiger partial charge in [-0.25, -0.2) is 4.79 Å². The molecule has 0 amide bonds. The van der Waals surface area contributed by atoms with Gasteiger partial charge in [0.1, 0.15) is 5.78 Å². The van der Waals surface area contributed by atoms with Crippen molar-refractivity contribution >= 4 is 17.7 Å². The van der Waals surface area contributed by atoms with Gasteiger partial charge in [-0.15, -0.1) is 0 Å². The van der Waals surface area contributed by atoms with Gasteiger partial charge in [0.15, 0.2) is 6.61 Å². The summed E-state index contributed by atoms with van der Waals surface area (Å²) in [7, 11) is 1.34. The SMILES string of the molecule is COC(=O)COC(=O)[C@]12CCC(C)(C)CC1[C@]1(C)CC[C@]3(C)C(CC[C@@]4(C)[C@H]3CCC(=O)[C@@H]4C)[C@@]1(C)CC2. The molecule has 0 bridgehead atoms. The number of ether oxygens (including phenoxy) is 2. The van der Waals surface area contributed by atoms with Crippen LogP contribution in [0, 0.1) is 56.2 Å². The summed E-state index contributed by atoms with van der Waals surface area (Å²) >= 11 is 0. The average molecular weight is 529 g/mol. The number of carbonyl (C=O) groups excluding carboxylic acids is 3. The van der Waals surface area contributed by atoms with Crippen LogP contribution < -0.4 is 0 Å². The quantitative estimate of drug-likeness (QED) is 0.364. The van der Waals surface area contributed by atoms with Crippen molar-refractivity contribution < 1.29 is 23.9 Å². The molecule has 5 fully saturated rings. The predicted molar refractivity (Wildman–Crippen MR) is 147 cm³/mol. The fraction of sp³-hybridized carbons (Fsp3) is 0.909. The topological polar surface area (TPSA) is 69.7 Å². The molecule has 5 saturated carbocycles. The molecule has 0 spiro atoms. The maximum absolute atomic E-state index is 13.9. The molecule has 5 heteroatoms. The zero-order chi connectivity index (χ0) is 27.9. The minimum Gasteiger partial charge on any atom is -0.466 e. The Labute approximate surface area is 230 Å². The Morgan fingerprint density at radius 2 is 1.42 bits per heavy atom. The lowest BCUT2D eigenvalue weighted by molar-refractivity contribution is -0.260. The van der Waals surface area contributed by atoms with Crippen molar-refractivity contribution in [1.82, 2.24) is 0 Å². The van der Waals surface area contributed by atoms with Gasteiger partial charge in [0.25, 0.3) is 0 Å². The molecule has 5 aliphatic rings. The Bertz CT molecular complexity index is 1020. The standard InChI is InChI=1S/C33H52O5/c1-21-22(34)9-10-23-29(21,4)12-11-24-30(23,5)14-15-32(7)25-19-28(2,3)13-17-33(25,18-16-31(24,32)6)27(36)38-20-26(35)37-8/h21,23-25H,9-20H2,1-8H3/t21-,23+,24?,25?,29+,30-,31+,32-,33-/m0/s1. The highest BCUT2D eigenvalue weighted by Gasteiger charge is 2.72. The molecule has 0 aliphatic heterocycles. The lowest BCUT2D eigenvalue weighted by atomic mass is 9.30. The molecule has 0 heterocycles. The van der Waals surface area contributed by atoms with E-state index in [2.05, 4.69) is 48.5 Å². The highest BCUT2D eigenvalue weighted by atomic mass is 16.6. The van der Waals surface area contributed by atoms with Crippen molar-refractivity contribution in [1.29, 1.82) is 0 Å². The van der Waals surface area contributed by atoms with Crippen LogP contribution in [0.5, 0.6) is 0 Å². The summed E-state index contributed by atoms with van der Waals surface area (Å²) in [6.07, 6.45) is 11.2. The van der Waals surface area contributed by atoms with Crippen molar-refractivity contribution in [2.24, 2.45) is 56.2 Å². The first-order chi connectivity index (χ1) is 17.6. The van der Waals surface area contributed by atoms with Gasteiger partial charge in [0.2, 0.25) is 0 Å². The Kier molecular flexibility index (Phi) is 6.52. The van der Waals surface area contributed by atoms with E-state index in [1.54, 1.807) is 0 Å². The molecule has 9 atom stereocenters. The van der Waals surface area contributed by atoms with E-state index in [0.29, 0.717) is 17.6 Å². The van der Waals surface area contributed by atoms with Gasteiger partial charge in [0.05, 0.1) is 12.5 Å². The first kappa shape index (κ1) is 28.1. The van der Waals surface area contributed by atoms with Crippen LogP contribution in [0.3, 0.4) is 0 Å². The molecule has 5 rings (SSSR count). The number of esters is 2. The van der Waals surface area contributed by atoms with Gasteiger partial charge in [0, 0.05) is 12.3 Å². The van der Waals surface area contributed by atoms with E-state index in [4.69, 9.17) is 9.47 Å². The minimum absolute atomic E-state index is 0.0290. The minimum atomic E-state index is -0.513. The molecular formula is C33H52O5. The van der Waals surface area contributed by atoms with Crippen LogP contribution in [0.2, 0.25) is 0 Å². The van der Waals surface area contributed by atoms with E-state index >= 15 is 0 Å². The fourth-order valence-corrected chi connectivity index (χ4v) is 11.5. The normalized spacial score (nSPS) is 49.5. The molecule has 5 nitrogen and oxygen atoms in total. The Balaban J connectivity index is 1.52. The van der Waals surface area contributed by atoms with Crippen molar-refractivity contribution in [2.45, 2.75) is 119 Å². The number of fused-ring (bicyclic) bond motifs is 7. The number of ketones is 1. The molecule has 38 heavy (non-hydrogen) atoms. The van der Waals surface area contributed by atoms with E-state index in [-0.39, 0.29) is 51.5 Å². The van der Waals surface area contributed by atoms with E-state index in [9.17, 15) is 14.4 Å². The molecular weight excluding hydrogens is 476 g/mol. The van der Waals surface area contributed by atoms with Gasteiger partial charge >= 0.3 is 11.9 Å². The van der Waals surface area contributed by atoms with Crippen LogP contribution in [-0.2, 0) is 23.9 Å². The van der Waals surface area contributed by atoms with Gasteiger partial charge < -0.3 is 9.47 Å². The Morgan fingerprint density at radius 3 is 2.11 bits per heavy atom. The second-order valence-corrected chi connectivity index (χ2v) is 15.9. The second-order valence-electron chi connectivity index (χ2n) is 15.9. The third-order valence-electron chi connectivity index (χ3n) is 14.3. The van der Waals surface area contributed by atoms with Crippen LogP contribution >= 0.6 is 0 Å². The van der Waals surface area contributed by atoms with Gasteiger partial charge in [-0.05, 0) is 109 Å². The van der Waals surface area contributed by atoms with Crippen molar-refractivity contribution in [2.75, 3.05) is 13.7 Å². The monoisotopic (exact) mass is 528 g/mol. The predicted octanol–water partition coefficient (Wildman–Crippen LogP) is 7.15. The summed E-state index contributed by atoms with van der Waals surface area (Å²) in [6.45, 7) is 16.7. The molecule has 2 unspecified atom stereocenters. The van der Waals surface area contributed by atoms with Gasteiger partial charge in [-0.2, -0.15) is 0 Å². The summed E-state index contributed by atoms with van der Waals surface area (Å²) in [5.74, 6) is 1.39. The lowest BCUT2D eigenvalue weighted by Gasteiger charge is -2.74. The summed E-state index contributed by atoms with van der Waals surface area (Å²) in [6, 6.07) is 0. The fourth-order valence-electron chi connectivity index (χ4n) is 11.5. The van der Waals surface area contributed by atoms with E-state index in [0.717, 1.165) is 57.8 Å². The van der Waals surface area contributed by atoms with Crippen molar-refractivity contribution in [3.63, 3.8) is 0 Å². The molecule has 5 aliphatic carbocycles. The molecule has 214 valence electrons. The smallest absolute Gasteiger partial charge is 0.344 e. The van der Waals surface area contributed by atoms with Crippen molar-refractivity contribution in [3.8, 4) is 0 Å². The summed E-state index contributed by atoms with van der Waals surface area (Å²) in [5.41, 5.74) is 0.167. The van der Waals surface area contributed by atoms with E-state index < -0.39 is 11.4 Å². The average Bonchev–Trinajstić information content (AvgIpc) is 2.86. The molecule has 0 saturated heterocycles. The Morgan fingerprint density at radius 1 is 0.789 bits per heavy atom. The Hall–Kier alpha value is -1.39. The van der Waals surface area contributed by atoms with E-state index in [1.807, 2.05) is 0 Å². The number of hydrogen-bond acceptors (Lipinski definition) is 5. The summed E-state index contributed by atoms with van der Waals surface area (Å²) in [5, 5.41) is 0. The number of carbonyl (C=O) groups is 3. The first-order valence-electron chi connectivity index (χ1n) is 15.4. The highest BCUT2D eigenvalue weighted by molar-refractivity contribution is 5.82. The second kappa shape index (κ2) is 8.80. The van der Waals surface area contributed by atoms with Crippen LogP contribution in [-0.4, -0.2) is 31.4 Å². The largest absolute Gasteiger partial charge is 0.466 e. The molecule has 0 aromatic rings. The number of methoxy groups -OCH3 is 1. The molecule has 0 N–H and O–H groups in total. The van der Waals surface area contributed by atoms with Crippen LogP contribution in [0.1, 0.15) is 119 Å². The third kappa shape index (κ3) is 3.64. The molecule has 0 aromatic heterocycles. The number of rotatable bonds is 3. The summed E-state index contributed by atoms with van der Waals surface area (Å²) in [4.78, 5) is 38.6. The number of hydrogen-bond donors (Lipinski definition) is 0. The molecule has 0 aromatic carbocycles. The number of Topliss-reactive ketones (excluding diaryl/α,β-unsaturated/α-hetero) is 1. The van der Waals surface area contributed by atoms with E-state index in [1.165, 1.54) is 20.0 Å². The van der Waals surface area contributed by atoms with Gasteiger partial charge in [-0.3, -0.25) is 9.59 Å². The first-order valence-corrected chi connectivity index (χ1v) is 15.4. The van der Waals surface area contributed by atoms with Crippen LogP contribution in [0.4, 0.5) is 0 Å². The maximum Gasteiger partial charge on any atom is 0.344 e. The third-order valence-corrected chi connectivity index (χ3v) is 14.3. The zero-order valence-corrected chi connectivity index (χ0v) is 25.3.